The molecule has 0 amide bonds. The van der Waals surface area contributed by atoms with Gasteiger partial charge in [0, 0.05) is 0 Å². The number of rotatable bonds is 2. The predicted octanol–water partition coefficient (Wildman–Crippen LogP) is 3.26. The Morgan fingerprint density at radius 1 is 1.20 bits per heavy atom. The zero-order valence-electron chi connectivity index (χ0n) is 8.48. The number of aliphatic imine (C=N–C) groups is 1. The van der Waals surface area contributed by atoms with Crippen LogP contribution in [-0.4, -0.2) is 17.6 Å². The lowest BCUT2D eigenvalue weighted by Crippen LogP contribution is -2.07. The molecule has 1 aromatic rings. The standard InChI is InChI=1S/C12H13NOS/c14-9-13-12-3-1-10(2-4-12)11-5-7-15-8-6-11/h1-4,11H,5-8H2. The molecule has 0 spiro atoms. The third kappa shape index (κ3) is 2.71. The van der Waals surface area contributed by atoms with E-state index < -0.39 is 0 Å². The summed E-state index contributed by atoms with van der Waals surface area (Å²) in [6.07, 6.45) is 4.08. The van der Waals surface area contributed by atoms with Gasteiger partial charge in [-0.2, -0.15) is 16.8 Å². The van der Waals surface area contributed by atoms with Crippen molar-refractivity contribution in [1.29, 1.82) is 0 Å². The molecule has 2 rings (SSSR count). The van der Waals surface area contributed by atoms with Crippen molar-refractivity contribution in [3.63, 3.8) is 0 Å². The van der Waals surface area contributed by atoms with Crippen LogP contribution >= 0.6 is 11.8 Å². The molecular formula is C12H13NOS. The minimum atomic E-state index is 0.693. The lowest BCUT2D eigenvalue weighted by molar-refractivity contribution is 0.565. The molecule has 0 bridgehead atoms. The fourth-order valence-electron chi connectivity index (χ4n) is 1.90. The third-order valence-electron chi connectivity index (χ3n) is 2.76. The Kier molecular flexibility index (Phi) is 3.59. The van der Waals surface area contributed by atoms with Gasteiger partial charge < -0.3 is 0 Å². The summed E-state index contributed by atoms with van der Waals surface area (Å²) in [5.41, 5.74) is 2.07. The summed E-state index contributed by atoms with van der Waals surface area (Å²) in [5.74, 6) is 3.22. The summed E-state index contributed by atoms with van der Waals surface area (Å²) in [7, 11) is 0. The van der Waals surface area contributed by atoms with Crippen LogP contribution in [0.2, 0.25) is 0 Å². The van der Waals surface area contributed by atoms with E-state index in [1.165, 1.54) is 29.9 Å². The van der Waals surface area contributed by atoms with E-state index in [4.69, 9.17) is 0 Å². The van der Waals surface area contributed by atoms with Gasteiger partial charge in [0.25, 0.3) is 0 Å². The first kappa shape index (κ1) is 10.5. The van der Waals surface area contributed by atoms with Gasteiger partial charge in [-0.15, -0.1) is 0 Å². The number of hydrogen-bond acceptors (Lipinski definition) is 3. The van der Waals surface area contributed by atoms with Gasteiger partial charge in [-0.3, -0.25) is 0 Å². The first-order chi connectivity index (χ1) is 7.40. The Hall–Kier alpha value is -1.05. The molecule has 0 saturated carbocycles. The largest absolute Gasteiger partial charge is 0.240 e. The molecule has 0 atom stereocenters. The number of nitrogens with zero attached hydrogens (tertiary/aromatic N) is 1. The van der Waals surface area contributed by atoms with E-state index in [1.807, 2.05) is 23.9 Å². The van der Waals surface area contributed by atoms with E-state index in [1.54, 1.807) is 6.08 Å². The van der Waals surface area contributed by atoms with E-state index in [2.05, 4.69) is 17.1 Å². The van der Waals surface area contributed by atoms with Crippen LogP contribution in [0.5, 0.6) is 0 Å². The minimum absolute atomic E-state index is 0.693. The number of thioether (sulfide) groups is 1. The predicted molar refractivity (Wildman–Crippen MR) is 63.5 cm³/mol. The Labute approximate surface area is 93.8 Å². The second-order valence-corrected chi connectivity index (χ2v) is 4.91. The van der Waals surface area contributed by atoms with Crippen molar-refractivity contribution in [3.8, 4) is 0 Å². The van der Waals surface area contributed by atoms with Crippen molar-refractivity contribution in [3.05, 3.63) is 29.8 Å². The molecule has 1 aliphatic heterocycles. The summed E-state index contributed by atoms with van der Waals surface area (Å²) in [6, 6.07) is 7.94. The molecule has 3 heteroatoms. The maximum atomic E-state index is 10.1. The molecule has 78 valence electrons. The van der Waals surface area contributed by atoms with Crippen molar-refractivity contribution in [2.75, 3.05) is 11.5 Å². The lowest BCUT2D eigenvalue weighted by Gasteiger charge is -2.21. The van der Waals surface area contributed by atoms with Crippen molar-refractivity contribution in [1.82, 2.24) is 0 Å². The molecule has 1 aliphatic rings. The normalized spacial score (nSPS) is 17.1. The highest BCUT2D eigenvalue weighted by Crippen LogP contribution is 2.32. The fraction of sp³-hybridized carbons (Fsp3) is 0.417. The zero-order chi connectivity index (χ0) is 10.5. The van der Waals surface area contributed by atoms with E-state index in [9.17, 15) is 4.79 Å². The third-order valence-corrected chi connectivity index (χ3v) is 3.81. The van der Waals surface area contributed by atoms with Crippen LogP contribution in [0.4, 0.5) is 5.69 Å². The summed E-state index contributed by atoms with van der Waals surface area (Å²) < 4.78 is 0. The second kappa shape index (κ2) is 5.15. The monoisotopic (exact) mass is 219 g/mol. The molecule has 1 aromatic carbocycles. The number of isocyanates is 1. The highest BCUT2D eigenvalue weighted by molar-refractivity contribution is 7.99. The molecular weight excluding hydrogens is 206 g/mol. The quantitative estimate of drug-likeness (QED) is 0.564. The maximum absolute atomic E-state index is 10.1. The molecule has 0 unspecified atom stereocenters. The van der Waals surface area contributed by atoms with Crippen molar-refractivity contribution < 1.29 is 4.79 Å². The molecule has 1 heterocycles. The van der Waals surface area contributed by atoms with Crippen LogP contribution in [-0.2, 0) is 4.79 Å². The van der Waals surface area contributed by atoms with E-state index in [-0.39, 0.29) is 0 Å². The first-order valence-corrected chi connectivity index (χ1v) is 6.31. The molecule has 1 saturated heterocycles. The van der Waals surface area contributed by atoms with Gasteiger partial charge in [0.2, 0.25) is 6.08 Å². The Morgan fingerprint density at radius 2 is 1.87 bits per heavy atom. The molecule has 0 aromatic heterocycles. The molecule has 0 N–H and O–H groups in total. The summed E-state index contributed by atoms with van der Waals surface area (Å²) >= 11 is 2.03. The van der Waals surface area contributed by atoms with Crippen LogP contribution in [0.25, 0.3) is 0 Å². The number of hydrogen-bond donors (Lipinski definition) is 0. The summed E-state index contributed by atoms with van der Waals surface area (Å²) in [4.78, 5) is 13.6. The van der Waals surface area contributed by atoms with Gasteiger partial charge in [-0.25, -0.2) is 4.79 Å². The van der Waals surface area contributed by atoms with E-state index >= 15 is 0 Å². The average molecular weight is 219 g/mol. The number of benzene rings is 1. The van der Waals surface area contributed by atoms with Gasteiger partial charge in [-0.1, -0.05) is 12.1 Å². The zero-order valence-corrected chi connectivity index (χ0v) is 9.30. The van der Waals surface area contributed by atoms with Gasteiger partial charge in [0.05, 0.1) is 5.69 Å². The first-order valence-electron chi connectivity index (χ1n) is 5.16. The van der Waals surface area contributed by atoms with E-state index in [0.29, 0.717) is 11.6 Å². The SMILES string of the molecule is O=C=Nc1ccc(C2CCSCC2)cc1. The van der Waals surface area contributed by atoms with Crippen molar-refractivity contribution in [2.24, 2.45) is 4.99 Å². The van der Waals surface area contributed by atoms with Gasteiger partial charge >= 0.3 is 0 Å². The van der Waals surface area contributed by atoms with Gasteiger partial charge in [0.1, 0.15) is 0 Å². The van der Waals surface area contributed by atoms with Crippen LogP contribution < -0.4 is 0 Å². The van der Waals surface area contributed by atoms with Crippen molar-refractivity contribution in [2.45, 2.75) is 18.8 Å². The Balaban J connectivity index is 2.11. The molecule has 1 fully saturated rings. The Bertz CT molecular complexity index is 362. The molecule has 2 nitrogen and oxygen atoms in total. The highest BCUT2D eigenvalue weighted by Gasteiger charge is 2.15. The highest BCUT2D eigenvalue weighted by atomic mass is 32.2. The second-order valence-electron chi connectivity index (χ2n) is 3.68. The van der Waals surface area contributed by atoms with Crippen LogP contribution in [0.15, 0.2) is 29.3 Å². The van der Waals surface area contributed by atoms with E-state index in [0.717, 1.165) is 0 Å². The number of carbonyl (C=O) groups excluding carboxylic acids is 1. The molecule has 0 radical (unpaired) electrons. The Morgan fingerprint density at radius 3 is 2.47 bits per heavy atom. The van der Waals surface area contributed by atoms with Gasteiger partial charge in [-0.05, 0) is 48.0 Å². The van der Waals surface area contributed by atoms with Crippen LogP contribution in [0.1, 0.15) is 24.3 Å². The molecule has 0 aliphatic carbocycles. The smallest absolute Gasteiger partial charge is 0.211 e. The summed E-state index contributed by atoms with van der Waals surface area (Å²) in [6.45, 7) is 0. The average Bonchev–Trinajstić information content (AvgIpc) is 2.32. The van der Waals surface area contributed by atoms with Crippen molar-refractivity contribution >= 4 is 23.5 Å². The minimum Gasteiger partial charge on any atom is -0.211 e. The van der Waals surface area contributed by atoms with Crippen LogP contribution in [0.3, 0.4) is 0 Å². The molecule has 15 heavy (non-hydrogen) atoms. The van der Waals surface area contributed by atoms with Crippen LogP contribution in [0, 0.1) is 0 Å². The topological polar surface area (TPSA) is 29.4 Å². The lowest BCUT2D eigenvalue weighted by atomic mass is 9.93. The fourth-order valence-corrected chi connectivity index (χ4v) is 3.01. The summed E-state index contributed by atoms with van der Waals surface area (Å²) in [5, 5.41) is 0. The van der Waals surface area contributed by atoms with Gasteiger partial charge in [0.15, 0.2) is 0 Å². The maximum Gasteiger partial charge on any atom is 0.240 e.